The van der Waals surface area contributed by atoms with Crippen molar-refractivity contribution in [3.63, 3.8) is 0 Å². The molecule has 5 nitrogen and oxygen atoms in total. The fourth-order valence-electron chi connectivity index (χ4n) is 3.79. The second-order valence-corrected chi connectivity index (χ2v) is 8.39. The molecule has 2 aromatic heterocycles. The smallest absolute Gasteiger partial charge is 0.336 e. The summed E-state index contributed by atoms with van der Waals surface area (Å²) in [7, 11) is 0. The summed E-state index contributed by atoms with van der Waals surface area (Å²) < 4.78 is 17.0. The molecule has 0 aliphatic rings. The monoisotopic (exact) mass is 458 g/mol. The third-order valence-electron chi connectivity index (χ3n) is 5.74. The summed E-state index contributed by atoms with van der Waals surface area (Å²) in [4.78, 5) is 25.0. The Labute approximate surface area is 193 Å². The maximum atomic E-state index is 13.0. The van der Waals surface area contributed by atoms with E-state index < -0.39 is 5.63 Å². The molecule has 0 saturated heterocycles. The molecule has 0 aliphatic carbocycles. The fraction of sp³-hybridized carbons (Fsp3) is 0.111. The summed E-state index contributed by atoms with van der Waals surface area (Å²) in [6.45, 7) is 4.15. The van der Waals surface area contributed by atoms with Gasteiger partial charge in [0, 0.05) is 28.1 Å². The van der Waals surface area contributed by atoms with E-state index >= 15 is 0 Å². The van der Waals surface area contributed by atoms with E-state index in [4.69, 9.17) is 25.2 Å². The Morgan fingerprint density at radius 1 is 0.848 bits per heavy atom. The fourth-order valence-corrected chi connectivity index (χ4v) is 3.92. The van der Waals surface area contributed by atoms with Crippen LogP contribution in [-0.4, -0.2) is 0 Å². The van der Waals surface area contributed by atoms with Gasteiger partial charge < -0.3 is 13.6 Å². The first-order chi connectivity index (χ1) is 15.9. The lowest BCUT2D eigenvalue weighted by Crippen LogP contribution is -2.06. The first kappa shape index (κ1) is 21.0. The number of hydrogen-bond donors (Lipinski definition) is 0. The maximum Gasteiger partial charge on any atom is 0.336 e. The zero-order chi connectivity index (χ0) is 23.1. The predicted octanol–water partition coefficient (Wildman–Crippen LogP) is 6.42. The summed E-state index contributed by atoms with van der Waals surface area (Å²) >= 11 is 5.94. The van der Waals surface area contributed by atoms with Crippen LogP contribution in [-0.2, 0) is 6.61 Å². The molecule has 0 atom stereocenters. The molecule has 2 heterocycles. The van der Waals surface area contributed by atoms with Crippen LogP contribution in [0, 0.1) is 13.8 Å². The largest absolute Gasteiger partial charge is 0.489 e. The van der Waals surface area contributed by atoms with Crippen LogP contribution in [0.25, 0.3) is 33.1 Å². The molecule has 0 aliphatic heterocycles. The molecule has 0 amide bonds. The van der Waals surface area contributed by atoms with Gasteiger partial charge in [-0.05, 0) is 66.9 Å². The Morgan fingerprint density at radius 2 is 1.61 bits per heavy atom. The molecule has 0 fully saturated rings. The first-order valence-corrected chi connectivity index (χ1v) is 10.7. The lowest BCUT2D eigenvalue weighted by atomic mass is 10.0. The van der Waals surface area contributed by atoms with Crippen molar-refractivity contribution in [2.24, 2.45) is 0 Å². The quantitative estimate of drug-likeness (QED) is 0.291. The van der Waals surface area contributed by atoms with E-state index in [1.807, 2.05) is 26.0 Å². The van der Waals surface area contributed by atoms with Crippen LogP contribution in [0.5, 0.6) is 5.75 Å². The Kier molecular flexibility index (Phi) is 5.27. The van der Waals surface area contributed by atoms with Gasteiger partial charge in [0.15, 0.2) is 5.43 Å². The minimum Gasteiger partial charge on any atom is -0.489 e. The molecular formula is C27H19ClO5. The van der Waals surface area contributed by atoms with Crippen LogP contribution in [0.4, 0.5) is 0 Å². The van der Waals surface area contributed by atoms with E-state index in [2.05, 4.69) is 0 Å². The number of rotatable bonds is 4. The molecule has 0 saturated carbocycles. The average molecular weight is 459 g/mol. The summed E-state index contributed by atoms with van der Waals surface area (Å²) in [5.41, 5.74) is 4.45. The molecule has 0 radical (unpaired) electrons. The number of fused-ring (bicyclic) bond motifs is 2. The van der Waals surface area contributed by atoms with Crippen molar-refractivity contribution in [3.8, 4) is 16.9 Å². The predicted molar refractivity (Wildman–Crippen MR) is 129 cm³/mol. The second kappa shape index (κ2) is 8.26. The standard InChI is InChI=1S/C27H19ClO5/c1-15-9-22-18(11-26(29)33-25(22)10-16(15)2)13-31-20-7-8-21-24(12-20)32-14-23(27(21)30)17-3-5-19(28)6-4-17/h3-12,14H,13H2,1-2H3. The third kappa shape index (κ3) is 4.03. The number of halogens is 1. The summed E-state index contributed by atoms with van der Waals surface area (Å²) in [5.74, 6) is 0.523. The van der Waals surface area contributed by atoms with E-state index in [1.54, 1.807) is 42.5 Å². The Balaban J connectivity index is 1.46. The van der Waals surface area contributed by atoms with Gasteiger partial charge in [-0.3, -0.25) is 4.79 Å². The van der Waals surface area contributed by atoms with Crippen molar-refractivity contribution < 1.29 is 13.6 Å². The average Bonchev–Trinajstić information content (AvgIpc) is 2.79. The highest BCUT2D eigenvalue weighted by Gasteiger charge is 2.12. The summed E-state index contributed by atoms with van der Waals surface area (Å²) in [6, 6.07) is 17.4. The number of benzene rings is 3. The molecule has 5 aromatic rings. The van der Waals surface area contributed by atoms with Crippen LogP contribution in [0.1, 0.15) is 16.7 Å². The van der Waals surface area contributed by atoms with Gasteiger partial charge in [0.25, 0.3) is 0 Å². The SMILES string of the molecule is Cc1cc2oc(=O)cc(COc3ccc4c(=O)c(-c5ccc(Cl)cc5)coc4c3)c2cc1C. The van der Waals surface area contributed by atoms with Gasteiger partial charge in [-0.1, -0.05) is 23.7 Å². The summed E-state index contributed by atoms with van der Waals surface area (Å²) in [6.07, 6.45) is 1.44. The Morgan fingerprint density at radius 3 is 2.39 bits per heavy atom. The van der Waals surface area contributed by atoms with Gasteiger partial charge in [-0.15, -0.1) is 0 Å². The molecule has 0 unspecified atom stereocenters. The molecular weight excluding hydrogens is 440 g/mol. The lowest BCUT2D eigenvalue weighted by Gasteiger charge is -2.10. The lowest BCUT2D eigenvalue weighted by molar-refractivity contribution is 0.306. The third-order valence-corrected chi connectivity index (χ3v) is 5.99. The van der Waals surface area contributed by atoms with E-state index in [-0.39, 0.29) is 12.0 Å². The van der Waals surface area contributed by atoms with E-state index in [0.717, 1.165) is 27.6 Å². The van der Waals surface area contributed by atoms with Crippen LogP contribution in [0.2, 0.25) is 5.02 Å². The first-order valence-electron chi connectivity index (χ1n) is 10.4. The Hall–Kier alpha value is -3.83. The van der Waals surface area contributed by atoms with Gasteiger partial charge in [-0.2, -0.15) is 0 Å². The molecule has 0 spiro atoms. The molecule has 6 heteroatoms. The van der Waals surface area contributed by atoms with Crippen LogP contribution in [0.3, 0.4) is 0 Å². The van der Waals surface area contributed by atoms with E-state index in [9.17, 15) is 9.59 Å². The van der Waals surface area contributed by atoms with Crippen molar-refractivity contribution in [2.45, 2.75) is 20.5 Å². The molecule has 0 N–H and O–H groups in total. The minimum absolute atomic E-state index is 0.136. The number of aryl methyl sites for hydroxylation is 2. The van der Waals surface area contributed by atoms with E-state index in [0.29, 0.717) is 32.9 Å². The van der Waals surface area contributed by atoms with Crippen LogP contribution in [0.15, 0.2) is 85.4 Å². The molecule has 5 rings (SSSR count). The molecule has 3 aromatic carbocycles. The topological polar surface area (TPSA) is 69.7 Å². The van der Waals surface area contributed by atoms with Crippen molar-refractivity contribution in [2.75, 3.05) is 0 Å². The highest BCUT2D eigenvalue weighted by molar-refractivity contribution is 6.30. The number of ether oxygens (including phenoxy) is 1. The van der Waals surface area contributed by atoms with Crippen LogP contribution >= 0.6 is 11.6 Å². The highest BCUT2D eigenvalue weighted by atomic mass is 35.5. The van der Waals surface area contributed by atoms with Gasteiger partial charge in [-0.25, -0.2) is 4.79 Å². The second-order valence-electron chi connectivity index (χ2n) is 7.96. The van der Waals surface area contributed by atoms with Gasteiger partial charge in [0.05, 0.1) is 10.9 Å². The Bertz CT molecular complexity index is 1630. The molecule has 0 bridgehead atoms. The normalized spacial score (nSPS) is 11.2. The van der Waals surface area contributed by atoms with Crippen molar-refractivity contribution in [3.05, 3.63) is 109 Å². The van der Waals surface area contributed by atoms with Gasteiger partial charge >= 0.3 is 5.63 Å². The van der Waals surface area contributed by atoms with E-state index in [1.165, 1.54) is 12.3 Å². The molecule has 164 valence electrons. The number of hydrogen-bond acceptors (Lipinski definition) is 5. The van der Waals surface area contributed by atoms with Crippen molar-refractivity contribution >= 4 is 33.5 Å². The van der Waals surface area contributed by atoms with Crippen molar-refractivity contribution in [1.82, 2.24) is 0 Å². The zero-order valence-electron chi connectivity index (χ0n) is 18.0. The van der Waals surface area contributed by atoms with Gasteiger partial charge in [0.1, 0.15) is 29.8 Å². The van der Waals surface area contributed by atoms with Gasteiger partial charge in [0.2, 0.25) is 0 Å². The maximum absolute atomic E-state index is 13.0. The molecule has 33 heavy (non-hydrogen) atoms. The summed E-state index contributed by atoms with van der Waals surface area (Å²) in [5, 5.41) is 1.88. The minimum atomic E-state index is -0.427. The highest BCUT2D eigenvalue weighted by Crippen LogP contribution is 2.26. The zero-order valence-corrected chi connectivity index (χ0v) is 18.7. The van der Waals surface area contributed by atoms with Crippen molar-refractivity contribution in [1.29, 1.82) is 0 Å². The van der Waals surface area contributed by atoms with Crippen LogP contribution < -0.4 is 15.8 Å².